The molecule has 1 saturated carbocycles. The van der Waals surface area contributed by atoms with E-state index in [1.807, 2.05) is 38.1 Å². The summed E-state index contributed by atoms with van der Waals surface area (Å²) in [5.74, 6) is -0.648. The van der Waals surface area contributed by atoms with Crippen molar-refractivity contribution in [1.29, 1.82) is 0 Å². The van der Waals surface area contributed by atoms with Gasteiger partial charge in [0.1, 0.15) is 12.6 Å². The maximum absolute atomic E-state index is 13.7. The predicted octanol–water partition coefficient (Wildman–Crippen LogP) is 4.70. The summed E-state index contributed by atoms with van der Waals surface area (Å²) in [6.45, 7) is 5.34. The molecule has 36 heavy (non-hydrogen) atoms. The molecule has 1 fully saturated rings. The highest BCUT2D eigenvalue weighted by atomic mass is 79.9. The van der Waals surface area contributed by atoms with Crippen LogP contribution in [0.15, 0.2) is 46.9 Å². The molecule has 0 aliphatic heterocycles. The van der Waals surface area contributed by atoms with Crippen LogP contribution in [0.5, 0.6) is 0 Å². The van der Waals surface area contributed by atoms with Crippen molar-refractivity contribution in [3.8, 4) is 0 Å². The van der Waals surface area contributed by atoms with E-state index in [1.165, 1.54) is 11.3 Å². The SMILES string of the molecule is Cc1cc(N(CC(=O)N(Cc2ccccc2C)[C@H](C)C(=O)NC2CCCCC2)S(C)(=O)=O)ccc1Br. The standard InChI is InChI=1S/C27H36BrN3O4S/c1-19-10-8-9-11-22(19)17-30(21(3)27(33)29-23-12-6-5-7-13-23)26(32)18-31(36(4,34)35)24-14-15-25(28)20(2)16-24/h8-11,14-16,21,23H,5-7,12-13,17-18H2,1-4H3,(H,29,33)/t21-/m1/s1. The summed E-state index contributed by atoms with van der Waals surface area (Å²) in [6, 6.07) is 12.2. The molecule has 2 aromatic rings. The van der Waals surface area contributed by atoms with Gasteiger partial charge in [0.05, 0.1) is 11.9 Å². The number of aryl methyl sites for hydroxylation is 2. The molecule has 3 rings (SSSR count). The van der Waals surface area contributed by atoms with Crippen molar-refractivity contribution in [3.63, 3.8) is 0 Å². The molecular formula is C27H36BrN3O4S. The van der Waals surface area contributed by atoms with Gasteiger partial charge in [-0.3, -0.25) is 13.9 Å². The van der Waals surface area contributed by atoms with Gasteiger partial charge in [-0.15, -0.1) is 0 Å². The van der Waals surface area contributed by atoms with Gasteiger partial charge in [0.2, 0.25) is 21.8 Å². The topological polar surface area (TPSA) is 86.8 Å². The molecule has 0 unspecified atom stereocenters. The zero-order valence-electron chi connectivity index (χ0n) is 21.5. The molecule has 7 nitrogen and oxygen atoms in total. The highest BCUT2D eigenvalue weighted by Gasteiger charge is 2.31. The van der Waals surface area contributed by atoms with Crippen molar-refractivity contribution in [2.75, 3.05) is 17.1 Å². The van der Waals surface area contributed by atoms with Gasteiger partial charge in [-0.2, -0.15) is 0 Å². The molecule has 0 aromatic heterocycles. The van der Waals surface area contributed by atoms with Crippen LogP contribution in [0.2, 0.25) is 0 Å². The molecule has 196 valence electrons. The molecule has 0 heterocycles. The maximum atomic E-state index is 13.7. The Bertz CT molecular complexity index is 1200. The molecule has 0 radical (unpaired) electrons. The minimum atomic E-state index is -3.76. The van der Waals surface area contributed by atoms with E-state index in [1.54, 1.807) is 25.1 Å². The van der Waals surface area contributed by atoms with Crippen molar-refractivity contribution in [3.05, 3.63) is 63.6 Å². The van der Waals surface area contributed by atoms with Gasteiger partial charge in [-0.05, 0) is 68.5 Å². The first kappa shape index (κ1) is 28.2. The number of rotatable bonds is 9. The monoisotopic (exact) mass is 577 g/mol. The molecule has 1 N–H and O–H groups in total. The third-order valence-corrected chi connectivity index (χ3v) is 8.86. The molecule has 1 aliphatic carbocycles. The maximum Gasteiger partial charge on any atom is 0.244 e. The molecular weight excluding hydrogens is 542 g/mol. The van der Waals surface area contributed by atoms with Crippen molar-refractivity contribution in [2.45, 2.75) is 71.5 Å². The number of anilines is 1. The lowest BCUT2D eigenvalue weighted by Gasteiger charge is -2.33. The third kappa shape index (κ3) is 7.32. The number of carbonyl (C=O) groups is 2. The largest absolute Gasteiger partial charge is 0.352 e. The van der Waals surface area contributed by atoms with Crippen LogP contribution in [0.25, 0.3) is 0 Å². The molecule has 0 saturated heterocycles. The quantitative estimate of drug-likeness (QED) is 0.468. The highest BCUT2D eigenvalue weighted by Crippen LogP contribution is 2.25. The summed E-state index contributed by atoms with van der Waals surface area (Å²) in [6.07, 6.45) is 6.31. The van der Waals surface area contributed by atoms with E-state index in [2.05, 4.69) is 21.2 Å². The zero-order chi connectivity index (χ0) is 26.5. The minimum Gasteiger partial charge on any atom is -0.352 e. The summed E-state index contributed by atoms with van der Waals surface area (Å²) in [4.78, 5) is 28.4. The highest BCUT2D eigenvalue weighted by molar-refractivity contribution is 9.10. The normalized spacial score (nSPS) is 15.2. The second kappa shape index (κ2) is 12.2. The number of hydrogen-bond donors (Lipinski definition) is 1. The second-order valence-electron chi connectivity index (χ2n) is 9.67. The van der Waals surface area contributed by atoms with Crippen LogP contribution in [0.1, 0.15) is 55.7 Å². The number of sulfonamides is 1. The van der Waals surface area contributed by atoms with Gasteiger partial charge in [0.15, 0.2) is 0 Å². The average molecular weight is 579 g/mol. The first-order chi connectivity index (χ1) is 17.0. The Balaban J connectivity index is 1.89. The summed E-state index contributed by atoms with van der Waals surface area (Å²) in [5.41, 5.74) is 3.17. The number of benzene rings is 2. The summed E-state index contributed by atoms with van der Waals surface area (Å²) >= 11 is 3.43. The van der Waals surface area contributed by atoms with Crippen LogP contribution >= 0.6 is 15.9 Å². The van der Waals surface area contributed by atoms with E-state index in [0.717, 1.165) is 57.4 Å². The number of carbonyl (C=O) groups excluding carboxylic acids is 2. The van der Waals surface area contributed by atoms with E-state index >= 15 is 0 Å². The van der Waals surface area contributed by atoms with Crippen LogP contribution < -0.4 is 9.62 Å². The van der Waals surface area contributed by atoms with Gasteiger partial charge in [-0.1, -0.05) is 59.5 Å². The Morgan fingerprint density at radius 2 is 1.72 bits per heavy atom. The molecule has 1 aliphatic rings. The van der Waals surface area contributed by atoms with Gasteiger partial charge in [-0.25, -0.2) is 8.42 Å². The summed E-state index contributed by atoms with van der Waals surface area (Å²) in [7, 11) is -3.76. The fourth-order valence-corrected chi connectivity index (χ4v) is 5.61. The van der Waals surface area contributed by atoms with Crippen LogP contribution in [0.3, 0.4) is 0 Å². The van der Waals surface area contributed by atoms with Crippen molar-refractivity contribution < 1.29 is 18.0 Å². The molecule has 2 amide bonds. The molecule has 1 atom stereocenters. The lowest BCUT2D eigenvalue weighted by molar-refractivity contribution is -0.139. The summed E-state index contributed by atoms with van der Waals surface area (Å²) < 4.78 is 27.4. The number of nitrogens with one attached hydrogen (secondary N) is 1. The summed E-state index contributed by atoms with van der Waals surface area (Å²) in [5, 5.41) is 3.11. The minimum absolute atomic E-state index is 0.113. The molecule has 9 heteroatoms. The van der Waals surface area contributed by atoms with Crippen molar-refractivity contribution >= 4 is 43.5 Å². The smallest absolute Gasteiger partial charge is 0.244 e. The van der Waals surface area contributed by atoms with Crippen LogP contribution in [0.4, 0.5) is 5.69 Å². The van der Waals surface area contributed by atoms with Crippen LogP contribution in [0, 0.1) is 13.8 Å². The van der Waals surface area contributed by atoms with Crippen LogP contribution in [-0.4, -0.2) is 50.0 Å². The first-order valence-electron chi connectivity index (χ1n) is 12.4. The third-order valence-electron chi connectivity index (χ3n) is 6.83. The number of nitrogens with zero attached hydrogens (tertiary/aromatic N) is 2. The van der Waals surface area contributed by atoms with E-state index in [0.29, 0.717) is 5.69 Å². The fourth-order valence-electron chi connectivity index (χ4n) is 4.52. The van der Waals surface area contributed by atoms with E-state index in [-0.39, 0.29) is 18.5 Å². The van der Waals surface area contributed by atoms with Gasteiger partial charge in [0.25, 0.3) is 0 Å². The lowest BCUT2D eigenvalue weighted by Crippen LogP contribution is -2.53. The van der Waals surface area contributed by atoms with Crippen molar-refractivity contribution in [1.82, 2.24) is 10.2 Å². The zero-order valence-corrected chi connectivity index (χ0v) is 23.9. The number of halogens is 1. The Hall–Kier alpha value is -2.39. The van der Waals surface area contributed by atoms with E-state index in [4.69, 9.17) is 0 Å². The Morgan fingerprint density at radius 1 is 1.06 bits per heavy atom. The number of amides is 2. The molecule has 0 bridgehead atoms. The first-order valence-corrected chi connectivity index (χ1v) is 15.0. The van der Waals surface area contributed by atoms with Crippen LogP contribution in [-0.2, 0) is 26.2 Å². The lowest BCUT2D eigenvalue weighted by atomic mass is 9.95. The van der Waals surface area contributed by atoms with Crippen molar-refractivity contribution in [2.24, 2.45) is 0 Å². The Kier molecular flexibility index (Phi) is 9.58. The fraction of sp³-hybridized carbons (Fsp3) is 0.481. The molecule has 2 aromatic carbocycles. The number of hydrogen-bond acceptors (Lipinski definition) is 4. The van der Waals surface area contributed by atoms with Gasteiger partial charge in [0, 0.05) is 17.1 Å². The average Bonchev–Trinajstić information content (AvgIpc) is 2.83. The van der Waals surface area contributed by atoms with Gasteiger partial charge < -0.3 is 10.2 Å². The predicted molar refractivity (Wildman–Crippen MR) is 147 cm³/mol. The molecule has 0 spiro atoms. The second-order valence-corrected chi connectivity index (χ2v) is 12.4. The van der Waals surface area contributed by atoms with Gasteiger partial charge >= 0.3 is 0 Å². The van der Waals surface area contributed by atoms with E-state index in [9.17, 15) is 18.0 Å². The Morgan fingerprint density at radius 3 is 2.33 bits per heavy atom. The Labute approximate surface area is 223 Å². The van der Waals surface area contributed by atoms with E-state index < -0.39 is 28.5 Å².